The fourth-order valence-corrected chi connectivity index (χ4v) is 1.14. The zero-order chi connectivity index (χ0) is 7.84. The molecule has 3 N–H and O–H groups in total. The fourth-order valence-electron chi connectivity index (χ4n) is 1.14. The van der Waals surface area contributed by atoms with Crippen LogP contribution >= 0.6 is 0 Å². The molecule has 60 valence electrons. The van der Waals surface area contributed by atoms with Gasteiger partial charge in [-0.1, -0.05) is 0 Å². The van der Waals surface area contributed by atoms with E-state index in [0.717, 1.165) is 12.8 Å². The minimum absolute atomic E-state index is 0.200. The third-order valence-corrected chi connectivity index (χ3v) is 1.97. The van der Waals surface area contributed by atoms with Gasteiger partial charge in [-0.05, 0) is 12.8 Å². The van der Waals surface area contributed by atoms with Crippen molar-refractivity contribution in [3.05, 3.63) is 17.2 Å². The number of H-pyrrole nitrogens is 1. The molecule has 1 aliphatic carbocycles. The van der Waals surface area contributed by atoms with Crippen LogP contribution in [0.25, 0.3) is 0 Å². The normalized spacial score (nSPS) is 17.3. The van der Waals surface area contributed by atoms with Crippen LogP contribution in [0.5, 0.6) is 0 Å². The molecule has 0 bridgehead atoms. The van der Waals surface area contributed by atoms with Gasteiger partial charge in [0.15, 0.2) is 5.82 Å². The highest BCUT2D eigenvalue weighted by Gasteiger charge is 2.30. The SMILES string of the molecule is NCc1[nH]nc(C2CC2)c1F. The summed E-state index contributed by atoms with van der Waals surface area (Å²) >= 11 is 0. The second-order valence-corrected chi connectivity index (χ2v) is 2.88. The number of nitrogens with two attached hydrogens (primary N) is 1. The summed E-state index contributed by atoms with van der Waals surface area (Å²) in [4.78, 5) is 0. The topological polar surface area (TPSA) is 54.7 Å². The molecule has 0 aromatic carbocycles. The molecule has 0 amide bonds. The Hall–Kier alpha value is -0.900. The van der Waals surface area contributed by atoms with Crippen LogP contribution in [0.15, 0.2) is 0 Å². The van der Waals surface area contributed by atoms with Crippen molar-refractivity contribution in [3.63, 3.8) is 0 Å². The van der Waals surface area contributed by atoms with Crippen LogP contribution in [0.1, 0.15) is 30.1 Å². The molecule has 0 aliphatic heterocycles. The molecule has 0 spiro atoms. The van der Waals surface area contributed by atoms with Crippen molar-refractivity contribution in [1.82, 2.24) is 10.2 Å². The van der Waals surface area contributed by atoms with Crippen LogP contribution in [0.2, 0.25) is 0 Å². The quantitative estimate of drug-likeness (QED) is 0.666. The molecule has 0 unspecified atom stereocenters. The highest BCUT2D eigenvalue weighted by atomic mass is 19.1. The van der Waals surface area contributed by atoms with Gasteiger partial charge < -0.3 is 5.73 Å². The van der Waals surface area contributed by atoms with E-state index in [4.69, 9.17) is 5.73 Å². The number of nitrogens with zero attached hydrogens (tertiary/aromatic N) is 1. The zero-order valence-corrected chi connectivity index (χ0v) is 6.10. The molecule has 4 heteroatoms. The lowest BCUT2D eigenvalue weighted by Crippen LogP contribution is -1.98. The summed E-state index contributed by atoms with van der Waals surface area (Å²) in [5, 5.41) is 6.46. The van der Waals surface area contributed by atoms with Crippen molar-refractivity contribution in [2.45, 2.75) is 25.3 Å². The number of aromatic amines is 1. The molecule has 3 nitrogen and oxygen atoms in total. The summed E-state index contributed by atoms with van der Waals surface area (Å²) in [6, 6.07) is 0. The maximum absolute atomic E-state index is 13.1. The Morgan fingerprint density at radius 3 is 2.82 bits per heavy atom. The van der Waals surface area contributed by atoms with Crippen LogP contribution in [-0.4, -0.2) is 10.2 Å². The summed E-state index contributed by atoms with van der Waals surface area (Å²) in [6.07, 6.45) is 2.12. The molecule has 1 aliphatic rings. The second-order valence-electron chi connectivity index (χ2n) is 2.88. The summed E-state index contributed by atoms with van der Waals surface area (Å²) in [7, 11) is 0. The number of rotatable bonds is 2. The first-order valence-electron chi connectivity index (χ1n) is 3.75. The van der Waals surface area contributed by atoms with Gasteiger partial charge in [-0.2, -0.15) is 5.10 Å². The summed E-state index contributed by atoms with van der Waals surface area (Å²) in [5.41, 5.74) is 6.27. The molecule has 11 heavy (non-hydrogen) atoms. The monoisotopic (exact) mass is 155 g/mol. The molecular weight excluding hydrogens is 145 g/mol. The number of hydrogen-bond acceptors (Lipinski definition) is 2. The van der Waals surface area contributed by atoms with Crippen molar-refractivity contribution >= 4 is 0 Å². The largest absolute Gasteiger partial charge is 0.325 e. The van der Waals surface area contributed by atoms with E-state index in [1.165, 1.54) is 0 Å². The Kier molecular flexibility index (Phi) is 1.42. The van der Waals surface area contributed by atoms with E-state index in [2.05, 4.69) is 10.2 Å². The highest BCUT2D eigenvalue weighted by Crippen LogP contribution is 2.40. The van der Waals surface area contributed by atoms with Crippen LogP contribution < -0.4 is 5.73 Å². The second kappa shape index (κ2) is 2.30. The van der Waals surface area contributed by atoms with Gasteiger partial charge in [0, 0.05) is 12.5 Å². The molecule has 1 heterocycles. The minimum atomic E-state index is -0.227. The lowest BCUT2D eigenvalue weighted by Gasteiger charge is -1.89. The van der Waals surface area contributed by atoms with E-state index in [9.17, 15) is 4.39 Å². The first-order valence-corrected chi connectivity index (χ1v) is 3.75. The fraction of sp³-hybridized carbons (Fsp3) is 0.571. The Labute approximate surface area is 63.8 Å². The average molecular weight is 155 g/mol. The molecule has 1 aromatic rings. The van der Waals surface area contributed by atoms with E-state index in [-0.39, 0.29) is 12.4 Å². The summed E-state index contributed by atoms with van der Waals surface area (Å²) in [6.45, 7) is 0.200. The van der Waals surface area contributed by atoms with Crippen molar-refractivity contribution in [2.24, 2.45) is 5.73 Å². The van der Waals surface area contributed by atoms with E-state index in [1.54, 1.807) is 0 Å². The van der Waals surface area contributed by atoms with Crippen molar-refractivity contribution in [1.29, 1.82) is 0 Å². The van der Waals surface area contributed by atoms with Gasteiger partial charge in [-0.3, -0.25) is 5.10 Å². The Morgan fingerprint density at radius 1 is 1.64 bits per heavy atom. The molecule has 0 saturated heterocycles. The number of aromatic nitrogens is 2. The van der Waals surface area contributed by atoms with Gasteiger partial charge in [0.1, 0.15) is 5.69 Å². The third-order valence-electron chi connectivity index (χ3n) is 1.97. The van der Waals surface area contributed by atoms with Gasteiger partial charge in [-0.15, -0.1) is 0 Å². The van der Waals surface area contributed by atoms with Crippen molar-refractivity contribution < 1.29 is 4.39 Å². The number of halogens is 1. The van der Waals surface area contributed by atoms with Gasteiger partial charge in [0.05, 0.1) is 5.69 Å². The predicted molar refractivity (Wildman–Crippen MR) is 38.4 cm³/mol. The Bertz CT molecular complexity index is 265. The van der Waals surface area contributed by atoms with Gasteiger partial charge in [-0.25, -0.2) is 4.39 Å². The van der Waals surface area contributed by atoms with E-state index in [1.807, 2.05) is 0 Å². The maximum Gasteiger partial charge on any atom is 0.168 e. The maximum atomic E-state index is 13.1. The Balaban J connectivity index is 2.33. The van der Waals surface area contributed by atoms with Crippen LogP contribution in [0, 0.1) is 5.82 Å². The molecule has 1 saturated carbocycles. The van der Waals surface area contributed by atoms with Crippen LogP contribution in [0.3, 0.4) is 0 Å². The molecule has 2 rings (SSSR count). The molecule has 0 radical (unpaired) electrons. The standard InChI is InChI=1S/C7H10FN3/c8-6-5(3-9)10-11-7(6)4-1-2-4/h4H,1-3,9H2,(H,10,11). The van der Waals surface area contributed by atoms with Gasteiger partial charge in [0.25, 0.3) is 0 Å². The van der Waals surface area contributed by atoms with Crippen LogP contribution in [0.4, 0.5) is 4.39 Å². The predicted octanol–water partition coefficient (Wildman–Crippen LogP) is 0.885. The minimum Gasteiger partial charge on any atom is -0.325 e. The zero-order valence-electron chi connectivity index (χ0n) is 6.10. The lowest BCUT2D eigenvalue weighted by molar-refractivity contribution is 0.595. The highest BCUT2D eigenvalue weighted by molar-refractivity contribution is 5.20. The average Bonchev–Trinajstić information content (AvgIpc) is 2.77. The Morgan fingerprint density at radius 2 is 2.36 bits per heavy atom. The van der Waals surface area contributed by atoms with Crippen molar-refractivity contribution in [2.75, 3.05) is 0 Å². The third kappa shape index (κ3) is 1.03. The first-order chi connectivity index (χ1) is 5.33. The summed E-state index contributed by atoms with van der Waals surface area (Å²) in [5.74, 6) is 0.126. The van der Waals surface area contributed by atoms with Crippen LogP contribution in [-0.2, 0) is 6.54 Å². The van der Waals surface area contributed by atoms with Gasteiger partial charge in [0.2, 0.25) is 0 Å². The smallest absolute Gasteiger partial charge is 0.168 e. The molecule has 1 aromatic heterocycles. The first kappa shape index (κ1) is 6.79. The van der Waals surface area contributed by atoms with Crippen molar-refractivity contribution in [3.8, 4) is 0 Å². The lowest BCUT2D eigenvalue weighted by atomic mass is 10.2. The number of hydrogen-bond donors (Lipinski definition) is 2. The van der Waals surface area contributed by atoms with Gasteiger partial charge >= 0.3 is 0 Å². The molecule has 1 fully saturated rings. The number of nitrogens with one attached hydrogen (secondary N) is 1. The molecular formula is C7H10FN3. The van der Waals surface area contributed by atoms with E-state index >= 15 is 0 Å². The summed E-state index contributed by atoms with van der Waals surface area (Å²) < 4.78 is 13.1. The molecule has 0 atom stereocenters. The van der Waals surface area contributed by atoms with E-state index < -0.39 is 0 Å². The van der Waals surface area contributed by atoms with E-state index in [0.29, 0.717) is 17.3 Å².